The van der Waals surface area contributed by atoms with E-state index < -0.39 is 10.0 Å². The standard InChI is InChI=1S/C12H18Cl2N2O2S/c1-3-8(2)7-16-19(17,18)12-4-9(6-15)10(13)5-11(12)14/h4-5,8,16H,3,6-7,15H2,1-2H3. The summed E-state index contributed by atoms with van der Waals surface area (Å²) in [5.74, 6) is 0.259. The molecule has 0 radical (unpaired) electrons. The zero-order chi connectivity index (χ0) is 14.6. The molecule has 108 valence electrons. The van der Waals surface area contributed by atoms with Crippen molar-refractivity contribution in [3.8, 4) is 0 Å². The highest BCUT2D eigenvalue weighted by atomic mass is 35.5. The van der Waals surface area contributed by atoms with Crippen molar-refractivity contribution < 1.29 is 8.42 Å². The van der Waals surface area contributed by atoms with Gasteiger partial charge in [-0.1, -0.05) is 43.5 Å². The van der Waals surface area contributed by atoms with Crippen LogP contribution in [0.15, 0.2) is 17.0 Å². The van der Waals surface area contributed by atoms with Crippen LogP contribution in [-0.4, -0.2) is 15.0 Å². The molecule has 4 nitrogen and oxygen atoms in total. The van der Waals surface area contributed by atoms with Crippen LogP contribution in [0.3, 0.4) is 0 Å². The van der Waals surface area contributed by atoms with Crippen LogP contribution < -0.4 is 10.5 Å². The summed E-state index contributed by atoms with van der Waals surface area (Å²) in [6.45, 7) is 4.50. The lowest BCUT2D eigenvalue weighted by atomic mass is 10.1. The highest BCUT2D eigenvalue weighted by molar-refractivity contribution is 7.89. The largest absolute Gasteiger partial charge is 0.326 e. The fraction of sp³-hybridized carbons (Fsp3) is 0.500. The molecule has 1 aromatic rings. The predicted octanol–water partition coefficient (Wildman–Crippen LogP) is 2.78. The van der Waals surface area contributed by atoms with Gasteiger partial charge in [-0.15, -0.1) is 0 Å². The number of benzene rings is 1. The molecule has 1 atom stereocenters. The number of sulfonamides is 1. The zero-order valence-electron chi connectivity index (χ0n) is 10.9. The number of hydrogen-bond acceptors (Lipinski definition) is 3. The highest BCUT2D eigenvalue weighted by Crippen LogP contribution is 2.28. The van der Waals surface area contributed by atoms with Crippen molar-refractivity contribution in [2.24, 2.45) is 11.7 Å². The van der Waals surface area contributed by atoms with Gasteiger partial charge in [0.1, 0.15) is 4.90 Å². The van der Waals surface area contributed by atoms with Crippen LogP contribution in [0, 0.1) is 5.92 Å². The van der Waals surface area contributed by atoms with Gasteiger partial charge in [-0.25, -0.2) is 13.1 Å². The third-order valence-corrected chi connectivity index (χ3v) is 5.17. The Labute approximate surface area is 124 Å². The molecule has 0 aliphatic rings. The van der Waals surface area contributed by atoms with E-state index in [0.29, 0.717) is 17.1 Å². The first-order valence-corrected chi connectivity index (χ1v) is 8.23. The number of nitrogens with one attached hydrogen (secondary N) is 1. The molecular weight excluding hydrogens is 307 g/mol. The Morgan fingerprint density at radius 1 is 1.32 bits per heavy atom. The molecule has 0 aliphatic carbocycles. The average molecular weight is 325 g/mol. The summed E-state index contributed by atoms with van der Waals surface area (Å²) in [6.07, 6.45) is 0.894. The number of nitrogens with two attached hydrogens (primary N) is 1. The van der Waals surface area contributed by atoms with Crippen LogP contribution in [0.2, 0.25) is 10.0 Å². The van der Waals surface area contributed by atoms with E-state index in [4.69, 9.17) is 28.9 Å². The number of rotatable bonds is 6. The summed E-state index contributed by atoms with van der Waals surface area (Å²) < 4.78 is 26.9. The first-order valence-electron chi connectivity index (χ1n) is 5.99. The minimum atomic E-state index is -3.64. The SMILES string of the molecule is CCC(C)CNS(=O)(=O)c1cc(CN)c(Cl)cc1Cl. The summed E-state index contributed by atoms with van der Waals surface area (Å²) in [5, 5.41) is 0.465. The van der Waals surface area contributed by atoms with E-state index in [0.717, 1.165) is 6.42 Å². The van der Waals surface area contributed by atoms with E-state index in [1.165, 1.54) is 12.1 Å². The zero-order valence-corrected chi connectivity index (χ0v) is 13.2. The van der Waals surface area contributed by atoms with Crippen LogP contribution in [0.4, 0.5) is 0 Å². The molecule has 1 unspecified atom stereocenters. The second kappa shape index (κ2) is 6.90. The Bertz CT molecular complexity index is 547. The number of halogens is 2. The molecular formula is C12H18Cl2N2O2S. The van der Waals surface area contributed by atoms with Crippen LogP contribution in [-0.2, 0) is 16.6 Å². The van der Waals surface area contributed by atoms with Crippen LogP contribution in [0.1, 0.15) is 25.8 Å². The molecule has 7 heteroatoms. The molecule has 0 fully saturated rings. The van der Waals surface area contributed by atoms with Crippen molar-refractivity contribution >= 4 is 33.2 Å². The lowest BCUT2D eigenvalue weighted by Gasteiger charge is -2.13. The maximum absolute atomic E-state index is 12.2. The molecule has 0 amide bonds. The van der Waals surface area contributed by atoms with Crippen molar-refractivity contribution in [1.82, 2.24) is 4.72 Å². The summed E-state index contributed by atoms with van der Waals surface area (Å²) in [7, 11) is -3.64. The van der Waals surface area contributed by atoms with Gasteiger partial charge in [-0.2, -0.15) is 0 Å². The first kappa shape index (κ1) is 16.7. The Hall–Kier alpha value is -0.330. The Kier molecular flexibility index (Phi) is 6.08. The van der Waals surface area contributed by atoms with Crippen molar-refractivity contribution in [3.05, 3.63) is 27.7 Å². The molecule has 0 aliphatic heterocycles. The molecule has 0 saturated carbocycles. The molecule has 0 aromatic heterocycles. The van der Waals surface area contributed by atoms with Crippen molar-refractivity contribution in [1.29, 1.82) is 0 Å². The van der Waals surface area contributed by atoms with E-state index in [1.807, 2.05) is 13.8 Å². The normalized spacial score (nSPS) is 13.5. The summed E-state index contributed by atoms with van der Waals surface area (Å²) in [4.78, 5) is 0.0160. The predicted molar refractivity (Wildman–Crippen MR) is 79.0 cm³/mol. The van der Waals surface area contributed by atoms with Crippen molar-refractivity contribution in [2.45, 2.75) is 31.7 Å². The Balaban J connectivity index is 3.07. The minimum Gasteiger partial charge on any atom is -0.326 e. The molecule has 19 heavy (non-hydrogen) atoms. The van der Waals surface area contributed by atoms with Gasteiger partial charge in [0.05, 0.1) is 5.02 Å². The summed E-state index contributed by atoms with van der Waals surface area (Å²) in [6, 6.07) is 2.83. The highest BCUT2D eigenvalue weighted by Gasteiger charge is 2.20. The smallest absolute Gasteiger partial charge is 0.242 e. The van der Waals surface area contributed by atoms with Crippen molar-refractivity contribution in [3.63, 3.8) is 0 Å². The minimum absolute atomic E-state index is 0.0160. The van der Waals surface area contributed by atoms with E-state index >= 15 is 0 Å². The molecule has 0 bridgehead atoms. The molecule has 0 spiro atoms. The Morgan fingerprint density at radius 2 is 1.95 bits per heavy atom. The molecule has 0 saturated heterocycles. The quantitative estimate of drug-likeness (QED) is 0.845. The van der Waals surface area contributed by atoms with Gasteiger partial charge in [-0.05, 0) is 23.6 Å². The van der Waals surface area contributed by atoms with Crippen LogP contribution >= 0.6 is 23.2 Å². The van der Waals surface area contributed by atoms with Gasteiger partial charge in [0.15, 0.2) is 0 Å². The van der Waals surface area contributed by atoms with E-state index in [9.17, 15) is 8.42 Å². The first-order chi connectivity index (χ1) is 8.81. The van der Waals surface area contributed by atoms with Gasteiger partial charge < -0.3 is 5.73 Å². The van der Waals surface area contributed by atoms with Crippen LogP contribution in [0.5, 0.6) is 0 Å². The Morgan fingerprint density at radius 3 is 2.47 bits per heavy atom. The molecule has 1 rings (SSSR count). The fourth-order valence-corrected chi connectivity index (χ4v) is 3.45. The second-order valence-corrected chi connectivity index (χ2v) is 6.99. The van der Waals surface area contributed by atoms with Gasteiger partial charge in [0.25, 0.3) is 0 Å². The maximum atomic E-state index is 12.2. The monoisotopic (exact) mass is 324 g/mol. The third-order valence-electron chi connectivity index (χ3n) is 2.93. The lowest BCUT2D eigenvalue weighted by molar-refractivity contribution is 0.528. The van der Waals surface area contributed by atoms with Crippen LogP contribution in [0.25, 0.3) is 0 Å². The lowest BCUT2D eigenvalue weighted by Crippen LogP contribution is -2.28. The van der Waals surface area contributed by atoms with Gasteiger partial charge >= 0.3 is 0 Å². The van der Waals surface area contributed by atoms with Crippen molar-refractivity contribution in [2.75, 3.05) is 6.54 Å². The maximum Gasteiger partial charge on any atom is 0.242 e. The summed E-state index contributed by atoms with van der Waals surface area (Å²) in [5.41, 5.74) is 6.06. The molecule has 3 N–H and O–H groups in total. The van der Waals surface area contributed by atoms with Gasteiger partial charge in [-0.3, -0.25) is 0 Å². The fourth-order valence-electron chi connectivity index (χ4n) is 1.41. The van der Waals surface area contributed by atoms with E-state index in [2.05, 4.69) is 4.72 Å². The third kappa shape index (κ3) is 4.33. The average Bonchev–Trinajstić information content (AvgIpc) is 2.35. The second-order valence-electron chi connectivity index (χ2n) is 4.44. The molecule has 1 aromatic carbocycles. The molecule has 0 heterocycles. The number of hydrogen-bond donors (Lipinski definition) is 2. The van der Waals surface area contributed by atoms with Gasteiger partial charge in [0, 0.05) is 18.1 Å². The van der Waals surface area contributed by atoms with Gasteiger partial charge in [0.2, 0.25) is 10.0 Å². The summed E-state index contributed by atoms with van der Waals surface area (Å²) >= 11 is 11.9. The van der Waals surface area contributed by atoms with E-state index in [-0.39, 0.29) is 22.4 Å². The van der Waals surface area contributed by atoms with E-state index in [1.54, 1.807) is 0 Å². The topological polar surface area (TPSA) is 72.2 Å².